The van der Waals surface area contributed by atoms with E-state index in [1.165, 1.54) is 30.6 Å². The van der Waals surface area contributed by atoms with E-state index in [0.29, 0.717) is 0 Å². The largest absolute Gasteiger partial charge is 0.319 e. The second-order valence-corrected chi connectivity index (χ2v) is 4.74. The number of rotatable bonds is 3. The summed E-state index contributed by atoms with van der Waals surface area (Å²) in [7, 11) is 2.02. The molecular formula is C13H17N3. The molecule has 3 rings (SSSR count). The van der Waals surface area contributed by atoms with Crippen LogP contribution in [0.4, 0.5) is 0 Å². The summed E-state index contributed by atoms with van der Waals surface area (Å²) >= 11 is 0. The van der Waals surface area contributed by atoms with Gasteiger partial charge in [0.25, 0.3) is 0 Å². The Labute approximate surface area is 95.5 Å². The van der Waals surface area contributed by atoms with E-state index >= 15 is 0 Å². The summed E-state index contributed by atoms with van der Waals surface area (Å²) in [5.74, 6) is 1.23. The zero-order valence-electron chi connectivity index (χ0n) is 9.61. The SMILES string of the molecule is CNCC1(c2ncc3ccccn23)CCC1. The Bertz CT molecular complexity index is 497. The summed E-state index contributed by atoms with van der Waals surface area (Å²) in [5.41, 5.74) is 1.46. The van der Waals surface area contributed by atoms with Crippen LogP contribution >= 0.6 is 0 Å². The lowest BCUT2D eigenvalue weighted by Crippen LogP contribution is -2.44. The van der Waals surface area contributed by atoms with Gasteiger partial charge in [-0.3, -0.25) is 0 Å². The number of pyridine rings is 1. The van der Waals surface area contributed by atoms with Crippen LogP contribution in [0.25, 0.3) is 5.52 Å². The molecule has 0 radical (unpaired) electrons. The van der Waals surface area contributed by atoms with Crippen molar-refractivity contribution < 1.29 is 0 Å². The van der Waals surface area contributed by atoms with Crippen LogP contribution in [0, 0.1) is 0 Å². The Kier molecular flexibility index (Phi) is 2.21. The van der Waals surface area contributed by atoms with Gasteiger partial charge in [0.2, 0.25) is 0 Å². The molecule has 0 bridgehead atoms. The standard InChI is InChI=1S/C13H17N3/c1-14-10-13(6-4-7-13)12-15-9-11-5-2-3-8-16(11)12/h2-3,5,8-9,14H,4,6-7,10H2,1H3. The third kappa shape index (κ3) is 1.28. The predicted molar refractivity (Wildman–Crippen MR) is 64.6 cm³/mol. The molecule has 16 heavy (non-hydrogen) atoms. The zero-order chi connectivity index (χ0) is 11.0. The molecule has 2 aromatic heterocycles. The number of hydrogen-bond acceptors (Lipinski definition) is 2. The number of nitrogens with one attached hydrogen (secondary N) is 1. The van der Waals surface area contributed by atoms with Crippen molar-refractivity contribution in [3.8, 4) is 0 Å². The fourth-order valence-electron chi connectivity index (χ4n) is 2.76. The van der Waals surface area contributed by atoms with Gasteiger partial charge in [0.05, 0.1) is 11.7 Å². The second-order valence-electron chi connectivity index (χ2n) is 4.74. The first-order chi connectivity index (χ1) is 7.86. The molecule has 0 aromatic carbocycles. The molecule has 0 aliphatic heterocycles. The van der Waals surface area contributed by atoms with Crippen molar-refractivity contribution in [2.75, 3.05) is 13.6 Å². The number of aromatic nitrogens is 2. The second kappa shape index (κ2) is 3.59. The van der Waals surface area contributed by atoms with Gasteiger partial charge in [-0.15, -0.1) is 0 Å². The van der Waals surface area contributed by atoms with Crippen LogP contribution in [-0.2, 0) is 5.41 Å². The Hall–Kier alpha value is -1.35. The van der Waals surface area contributed by atoms with E-state index < -0.39 is 0 Å². The van der Waals surface area contributed by atoms with E-state index in [-0.39, 0.29) is 5.41 Å². The molecule has 3 heteroatoms. The monoisotopic (exact) mass is 215 g/mol. The smallest absolute Gasteiger partial charge is 0.120 e. The Morgan fingerprint density at radius 2 is 2.31 bits per heavy atom. The number of imidazole rings is 1. The number of hydrogen-bond donors (Lipinski definition) is 1. The average molecular weight is 215 g/mol. The quantitative estimate of drug-likeness (QED) is 0.848. The molecule has 0 amide bonds. The first-order valence-electron chi connectivity index (χ1n) is 5.93. The van der Waals surface area contributed by atoms with Crippen molar-refractivity contribution in [1.82, 2.24) is 14.7 Å². The molecule has 0 saturated heterocycles. The van der Waals surface area contributed by atoms with Crippen molar-refractivity contribution in [3.05, 3.63) is 36.4 Å². The van der Waals surface area contributed by atoms with Crippen LogP contribution in [0.2, 0.25) is 0 Å². The highest BCUT2D eigenvalue weighted by atomic mass is 15.0. The maximum absolute atomic E-state index is 4.63. The Morgan fingerprint density at radius 3 is 3.00 bits per heavy atom. The lowest BCUT2D eigenvalue weighted by Gasteiger charge is -2.40. The Morgan fingerprint density at radius 1 is 1.44 bits per heavy atom. The lowest BCUT2D eigenvalue weighted by molar-refractivity contribution is 0.224. The van der Waals surface area contributed by atoms with Gasteiger partial charge >= 0.3 is 0 Å². The third-order valence-corrected chi connectivity index (χ3v) is 3.74. The topological polar surface area (TPSA) is 29.3 Å². The van der Waals surface area contributed by atoms with Crippen LogP contribution in [0.3, 0.4) is 0 Å². The molecule has 0 unspecified atom stereocenters. The van der Waals surface area contributed by atoms with Crippen molar-refractivity contribution in [1.29, 1.82) is 0 Å². The van der Waals surface area contributed by atoms with Crippen molar-refractivity contribution in [2.24, 2.45) is 0 Å². The van der Waals surface area contributed by atoms with Crippen molar-refractivity contribution in [3.63, 3.8) is 0 Å². The van der Waals surface area contributed by atoms with Gasteiger partial charge in [0, 0.05) is 18.2 Å². The van der Waals surface area contributed by atoms with Crippen molar-refractivity contribution >= 4 is 5.52 Å². The average Bonchev–Trinajstić information content (AvgIpc) is 2.68. The van der Waals surface area contributed by atoms with Gasteiger partial charge in [-0.2, -0.15) is 0 Å². The number of fused-ring (bicyclic) bond motifs is 1. The van der Waals surface area contributed by atoms with E-state index in [9.17, 15) is 0 Å². The van der Waals surface area contributed by atoms with Crippen LogP contribution in [0.15, 0.2) is 30.6 Å². The highest BCUT2D eigenvalue weighted by Crippen LogP contribution is 2.42. The molecule has 1 N–H and O–H groups in total. The number of likely N-dealkylation sites (N-methyl/N-ethyl adjacent to an activating group) is 1. The van der Waals surface area contributed by atoms with Crippen molar-refractivity contribution in [2.45, 2.75) is 24.7 Å². The summed E-state index contributed by atoms with van der Waals surface area (Å²) < 4.78 is 2.23. The molecular weight excluding hydrogens is 198 g/mol. The fourth-order valence-corrected chi connectivity index (χ4v) is 2.76. The minimum absolute atomic E-state index is 0.266. The predicted octanol–water partition coefficient (Wildman–Crippen LogP) is 1.98. The van der Waals surface area contributed by atoms with E-state index in [1.807, 2.05) is 13.2 Å². The maximum Gasteiger partial charge on any atom is 0.120 e. The summed E-state index contributed by atoms with van der Waals surface area (Å²) in [5, 5.41) is 3.31. The van der Waals surface area contributed by atoms with Gasteiger partial charge in [-0.05, 0) is 32.0 Å². The summed E-state index contributed by atoms with van der Waals surface area (Å²) in [6.07, 6.45) is 7.92. The zero-order valence-corrected chi connectivity index (χ0v) is 9.61. The molecule has 3 nitrogen and oxygen atoms in total. The highest BCUT2D eigenvalue weighted by molar-refractivity contribution is 5.47. The van der Waals surface area contributed by atoms with Gasteiger partial charge < -0.3 is 9.72 Å². The number of nitrogens with zero attached hydrogens (tertiary/aromatic N) is 2. The van der Waals surface area contributed by atoms with E-state index in [0.717, 1.165) is 6.54 Å². The lowest BCUT2D eigenvalue weighted by atomic mass is 9.68. The molecule has 2 aromatic rings. The Balaban J connectivity index is 2.10. The van der Waals surface area contributed by atoms with Crippen LogP contribution in [0.5, 0.6) is 0 Å². The summed E-state index contributed by atoms with van der Waals surface area (Å²) in [4.78, 5) is 4.63. The molecule has 2 heterocycles. The normalized spacial score (nSPS) is 18.6. The first kappa shape index (κ1) is 9.85. The van der Waals surface area contributed by atoms with E-state index in [1.54, 1.807) is 0 Å². The van der Waals surface area contributed by atoms with Gasteiger partial charge in [0.1, 0.15) is 5.82 Å². The van der Waals surface area contributed by atoms with E-state index in [4.69, 9.17) is 0 Å². The maximum atomic E-state index is 4.63. The van der Waals surface area contributed by atoms with Crippen LogP contribution in [-0.4, -0.2) is 23.0 Å². The summed E-state index contributed by atoms with van der Waals surface area (Å²) in [6, 6.07) is 6.25. The summed E-state index contributed by atoms with van der Waals surface area (Å²) in [6.45, 7) is 1.03. The first-order valence-corrected chi connectivity index (χ1v) is 5.93. The molecule has 1 aliphatic carbocycles. The van der Waals surface area contributed by atoms with Crippen LogP contribution < -0.4 is 5.32 Å². The molecule has 1 fully saturated rings. The third-order valence-electron chi connectivity index (χ3n) is 3.74. The highest BCUT2D eigenvalue weighted by Gasteiger charge is 2.41. The molecule has 84 valence electrons. The molecule has 0 atom stereocenters. The minimum Gasteiger partial charge on any atom is -0.319 e. The molecule has 0 spiro atoms. The fraction of sp³-hybridized carbons (Fsp3) is 0.462. The molecule has 1 aliphatic rings. The van der Waals surface area contributed by atoms with Gasteiger partial charge in [0.15, 0.2) is 0 Å². The van der Waals surface area contributed by atoms with Gasteiger partial charge in [-0.25, -0.2) is 4.98 Å². The van der Waals surface area contributed by atoms with E-state index in [2.05, 4.69) is 39.1 Å². The minimum atomic E-state index is 0.266. The molecule has 1 saturated carbocycles. The van der Waals surface area contributed by atoms with Gasteiger partial charge in [-0.1, -0.05) is 12.5 Å². The van der Waals surface area contributed by atoms with Crippen LogP contribution in [0.1, 0.15) is 25.1 Å².